The summed E-state index contributed by atoms with van der Waals surface area (Å²) < 4.78 is 10.1. The Balaban J connectivity index is 2.27. The molecule has 0 spiro atoms. The summed E-state index contributed by atoms with van der Waals surface area (Å²) in [7, 11) is 2.60. The highest BCUT2D eigenvalue weighted by Gasteiger charge is 2.20. The smallest absolute Gasteiger partial charge is 0.356 e. The van der Waals surface area contributed by atoms with E-state index in [2.05, 4.69) is 15.0 Å². The van der Waals surface area contributed by atoms with E-state index in [0.717, 1.165) is 0 Å². The van der Waals surface area contributed by atoms with E-state index in [-0.39, 0.29) is 5.69 Å². The Morgan fingerprint density at radius 2 is 2.25 bits per heavy atom. The number of benzene rings is 1. The molecule has 20 heavy (non-hydrogen) atoms. The molecule has 2 aromatic rings. The lowest BCUT2D eigenvalue weighted by molar-refractivity contribution is -0.384. The van der Waals surface area contributed by atoms with Crippen LogP contribution < -0.4 is 5.32 Å². The van der Waals surface area contributed by atoms with Gasteiger partial charge in [-0.05, 0) is 6.07 Å². The molecular formula is C11H11N3O5S. The second-order valence-electron chi connectivity index (χ2n) is 3.71. The van der Waals surface area contributed by atoms with Crippen LogP contribution in [0.4, 0.5) is 10.8 Å². The summed E-state index contributed by atoms with van der Waals surface area (Å²) in [5.74, 6) is -0.585. The number of fused-ring (bicyclic) bond motifs is 1. The lowest BCUT2D eigenvalue weighted by Gasteiger charge is -2.12. The lowest BCUT2D eigenvalue weighted by atomic mass is 10.3. The largest absolute Gasteiger partial charge is 0.466 e. The third-order valence-electron chi connectivity index (χ3n) is 2.49. The van der Waals surface area contributed by atoms with Gasteiger partial charge in [0.2, 0.25) is 6.23 Å². The molecule has 0 bridgehead atoms. The summed E-state index contributed by atoms with van der Waals surface area (Å²) in [6.07, 6.45) is -0.976. The maximum Gasteiger partial charge on any atom is 0.356 e. The van der Waals surface area contributed by atoms with Gasteiger partial charge in [0, 0.05) is 19.2 Å². The molecule has 0 radical (unpaired) electrons. The SMILES string of the molecule is COC(=O)C(Nc1nc2ccc([N+](=O)[O-])cc2s1)OC. The first-order chi connectivity index (χ1) is 9.55. The van der Waals surface area contributed by atoms with Gasteiger partial charge in [0.25, 0.3) is 5.69 Å². The molecule has 0 saturated carbocycles. The van der Waals surface area contributed by atoms with Crippen molar-refractivity contribution < 1.29 is 19.2 Å². The van der Waals surface area contributed by atoms with Gasteiger partial charge in [-0.2, -0.15) is 0 Å². The fourth-order valence-electron chi connectivity index (χ4n) is 1.52. The Morgan fingerprint density at radius 1 is 1.50 bits per heavy atom. The number of anilines is 1. The van der Waals surface area contributed by atoms with Crippen molar-refractivity contribution in [3.63, 3.8) is 0 Å². The molecule has 1 atom stereocenters. The zero-order chi connectivity index (χ0) is 14.7. The quantitative estimate of drug-likeness (QED) is 0.388. The molecule has 1 unspecified atom stereocenters. The summed E-state index contributed by atoms with van der Waals surface area (Å²) in [4.78, 5) is 25.8. The number of rotatable bonds is 5. The number of thiazole rings is 1. The van der Waals surface area contributed by atoms with E-state index in [1.807, 2.05) is 0 Å². The first kappa shape index (κ1) is 14.2. The standard InChI is InChI=1S/C11H11N3O5S/c1-18-9(10(15)19-2)13-11-12-7-4-3-6(14(16)17)5-8(7)20-11/h3-5,9H,1-2H3,(H,12,13). The number of nitrogens with zero attached hydrogens (tertiary/aromatic N) is 2. The number of ether oxygens (including phenoxy) is 2. The van der Waals surface area contributed by atoms with Gasteiger partial charge in [-0.15, -0.1) is 0 Å². The minimum Gasteiger partial charge on any atom is -0.466 e. The van der Waals surface area contributed by atoms with Crippen LogP contribution in [0.15, 0.2) is 18.2 Å². The predicted octanol–water partition coefficient (Wildman–Crippen LogP) is 1.76. The summed E-state index contributed by atoms with van der Waals surface area (Å²) >= 11 is 1.19. The van der Waals surface area contributed by atoms with Crippen LogP contribution in [0.1, 0.15) is 0 Å². The van der Waals surface area contributed by atoms with Crippen molar-refractivity contribution in [3.8, 4) is 0 Å². The maximum absolute atomic E-state index is 11.4. The number of carbonyl (C=O) groups is 1. The first-order valence-electron chi connectivity index (χ1n) is 5.47. The summed E-state index contributed by atoms with van der Waals surface area (Å²) in [6.45, 7) is 0. The highest BCUT2D eigenvalue weighted by Crippen LogP contribution is 2.29. The van der Waals surface area contributed by atoms with E-state index < -0.39 is 17.1 Å². The molecule has 0 fully saturated rings. The van der Waals surface area contributed by atoms with E-state index in [9.17, 15) is 14.9 Å². The number of nitro groups is 1. The Labute approximate surface area is 117 Å². The monoisotopic (exact) mass is 297 g/mol. The second kappa shape index (κ2) is 5.80. The van der Waals surface area contributed by atoms with Crippen molar-refractivity contribution in [2.45, 2.75) is 6.23 Å². The number of nitrogens with one attached hydrogen (secondary N) is 1. The van der Waals surface area contributed by atoms with Crippen LogP contribution in [0.2, 0.25) is 0 Å². The molecular weight excluding hydrogens is 286 g/mol. The lowest BCUT2D eigenvalue weighted by Crippen LogP contribution is -2.32. The molecule has 9 heteroatoms. The first-order valence-corrected chi connectivity index (χ1v) is 6.29. The van der Waals surface area contributed by atoms with Gasteiger partial charge in [-0.25, -0.2) is 9.78 Å². The molecule has 0 aliphatic heterocycles. The molecule has 0 amide bonds. The Morgan fingerprint density at radius 3 is 2.85 bits per heavy atom. The van der Waals surface area contributed by atoms with Crippen molar-refractivity contribution in [3.05, 3.63) is 28.3 Å². The highest BCUT2D eigenvalue weighted by molar-refractivity contribution is 7.22. The van der Waals surface area contributed by atoms with Crippen molar-refractivity contribution >= 4 is 38.3 Å². The zero-order valence-electron chi connectivity index (χ0n) is 10.7. The Hall–Kier alpha value is -2.26. The third-order valence-corrected chi connectivity index (χ3v) is 3.44. The number of esters is 1. The van der Waals surface area contributed by atoms with Gasteiger partial charge in [-0.1, -0.05) is 11.3 Å². The minimum absolute atomic E-state index is 0.0102. The number of non-ortho nitro benzene ring substituents is 1. The molecule has 1 aromatic carbocycles. The van der Waals surface area contributed by atoms with Crippen LogP contribution in [0.5, 0.6) is 0 Å². The van der Waals surface area contributed by atoms with Gasteiger partial charge in [0.05, 0.1) is 22.2 Å². The number of hydrogen-bond acceptors (Lipinski definition) is 8. The van der Waals surface area contributed by atoms with Crippen LogP contribution in [0, 0.1) is 10.1 Å². The van der Waals surface area contributed by atoms with Crippen molar-refractivity contribution in [1.82, 2.24) is 4.98 Å². The van der Waals surface area contributed by atoms with Gasteiger partial charge >= 0.3 is 5.97 Å². The fourth-order valence-corrected chi connectivity index (χ4v) is 2.44. The van der Waals surface area contributed by atoms with Crippen LogP contribution in [0.25, 0.3) is 10.2 Å². The molecule has 1 aromatic heterocycles. The average molecular weight is 297 g/mol. The maximum atomic E-state index is 11.4. The average Bonchev–Trinajstić information content (AvgIpc) is 2.85. The molecule has 1 N–H and O–H groups in total. The van der Waals surface area contributed by atoms with E-state index in [4.69, 9.17) is 4.74 Å². The number of aromatic nitrogens is 1. The van der Waals surface area contributed by atoms with Crippen molar-refractivity contribution in [2.75, 3.05) is 19.5 Å². The van der Waals surface area contributed by atoms with Crippen molar-refractivity contribution in [2.24, 2.45) is 0 Å². The molecule has 8 nitrogen and oxygen atoms in total. The second-order valence-corrected chi connectivity index (χ2v) is 4.74. The number of hydrogen-bond donors (Lipinski definition) is 1. The number of carbonyl (C=O) groups excluding carboxylic acids is 1. The van der Waals surface area contributed by atoms with E-state index in [0.29, 0.717) is 15.3 Å². The molecule has 0 aliphatic carbocycles. The Kier molecular flexibility index (Phi) is 4.11. The van der Waals surface area contributed by atoms with Crippen LogP contribution in [-0.2, 0) is 14.3 Å². The summed E-state index contributed by atoms with van der Waals surface area (Å²) in [5, 5.41) is 13.9. The number of nitro benzene ring substituents is 1. The van der Waals surface area contributed by atoms with Gasteiger partial charge in [-0.3, -0.25) is 10.1 Å². The van der Waals surface area contributed by atoms with Crippen LogP contribution >= 0.6 is 11.3 Å². The molecule has 0 saturated heterocycles. The normalized spacial score (nSPS) is 12.1. The third kappa shape index (κ3) is 2.83. The van der Waals surface area contributed by atoms with E-state index in [1.165, 1.54) is 37.7 Å². The van der Waals surface area contributed by atoms with Crippen LogP contribution in [-0.4, -0.2) is 36.3 Å². The number of methoxy groups -OCH3 is 2. The predicted molar refractivity (Wildman–Crippen MR) is 72.7 cm³/mol. The Bertz CT molecular complexity index is 657. The van der Waals surface area contributed by atoms with Gasteiger partial charge < -0.3 is 14.8 Å². The summed E-state index contributed by atoms with van der Waals surface area (Å²) in [5.41, 5.74) is 0.590. The zero-order valence-corrected chi connectivity index (χ0v) is 11.5. The van der Waals surface area contributed by atoms with E-state index in [1.54, 1.807) is 6.07 Å². The fraction of sp³-hybridized carbons (Fsp3) is 0.273. The molecule has 0 aliphatic rings. The van der Waals surface area contributed by atoms with Gasteiger partial charge in [0.15, 0.2) is 5.13 Å². The van der Waals surface area contributed by atoms with Crippen molar-refractivity contribution in [1.29, 1.82) is 0 Å². The minimum atomic E-state index is -0.976. The topological polar surface area (TPSA) is 104 Å². The van der Waals surface area contributed by atoms with Crippen LogP contribution in [0.3, 0.4) is 0 Å². The molecule has 106 valence electrons. The highest BCUT2D eigenvalue weighted by atomic mass is 32.1. The van der Waals surface area contributed by atoms with Gasteiger partial charge in [0.1, 0.15) is 0 Å². The molecule has 2 rings (SSSR count). The van der Waals surface area contributed by atoms with E-state index >= 15 is 0 Å². The molecule has 1 heterocycles. The summed E-state index contributed by atoms with van der Waals surface area (Å²) in [6, 6.07) is 4.35.